The molecule has 0 bridgehead atoms. The topological polar surface area (TPSA) is 75.6 Å². The number of rotatable bonds is 10. The lowest BCUT2D eigenvalue weighted by atomic mass is 10.1. The molecule has 0 aliphatic carbocycles. The third kappa shape index (κ3) is 6.97. The third-order valence-electron chi connectivity index (χ3n) is 7.55. The highest BCUT2D eigenvalue weighted by atomic mass is 16.5. The Bertz CT molecular complexity index is 1470. The molecule has 0 saturated carbocycles. The average Bonchev–Trinajstić information content (AvgIpc) is 3.32. The summed E-state index contributed by atoms with van der Waals surface area (Å²) in [5, 5.41) is 7.08. The Kier molecular flexibility index (Phi) is 8.94. The molecule has 1 aromatic heterocycles. The number of aryl methyl sites for hydroxylation is 3. The first-order chi connectivity index (χ1) is 19.5. The zero-order chi connectivity index (χ0) is 27.9. The quantitative estimate of drug-likeness (QED) is 0.300. The normalized spacial score (nSPS) is 13.8. The number of ether oxygens (including phenoxy) is 1. The van der Waals surface area contributed by atoms with E-state index in [1.807, 2.05) is 54.6 Å². The molecular weight excluding hydrogens is 500 g/mol. The molecule has 2 heterocycles. The fourth-order valence-corrected chi connectivity index (χ4v) is 5.22. The van der Waals surface area contributed by atoms with E-state index < -0.39 is 0 Å². The number of fused-ring (bicyclic) bond motifs is 1. The van der Waals surface area contributed by atoms with Gasteiger partial charge in [-0.2, -0.15) is 0 Å². The van der Waals surface area contributed by atoms with Crippen molar-refractivity contribution in [1.82, 2.24) is 14.8 Å². The van der Waals surface area contributed by atoms with Gasteiger partial charge in [0, 0.05) is 55.7 Å². The first-order valence-electron chi connectivity index (χ1n) is 14.1. The minimum Gasteiger partial charge on any atom is -0.379 e. The van der Waals surface area contributed by atoms with Crippen molar-refractivity contribution in [3.8, 4) is 0 Å². The Morgan fingerprint density at radius 3 is 2.52 bits per heavy atom. The van der Waals surface area contributed by atoms with Gasteiger partial charge in [0.05, 0.1) is 13.2 Å². The molecule has 7 heteroatoms. The first-order valence-corrected chi connectivity index (χ1v) is 14.1. The molecule has 3 aromatic carbocycles. The molecule has 0 unspecified atom stereocenters. The van der Waals surface area contributed by atoms with Crippen molar-refractivity contribution in [3.63, 3.8) is 0 Å². The number of anilines is 1. The summed E-state index contributed by atoms with van der Waals surface area (Å²) in [5.41, 5.74) is 7.00. The van der Waals surface area contributed by atoms with Crippen molar-refractivity contribution in [2.45, 2.75) is 33.2 Å². The van der Waals surface area contributed by atoms with Gasteiger partial charge in [-0.3, -0.25) is 14.5 Å². The predicted octanol–water partition coefficient (Wildman–Crippen LogP) is 4.94. The minimum absolute atomic E-state index is 0.0286. The van der Waals surface area contributed by atoms with Crippen molar-refractivity contribution >= 4 is 28.4 Å². The van der Waals surface area contributed by atoms with Gasteiger partial charge in [-0.25, -0.2) is 0 Å². The van der Waals surface area contributed by atoms with Gasteiger partial charge in [0.15, 0.2) is 0 Å². The van der Waals surface area contributed by atoms with Gasteiger partial charge in [-0.05, 0) is 61.2 Å². The number of morpholine rings is 1. The fourth-order valence-electron chi connectivity index (χ4n) is 5.22. The molecule has 0 radical (unpaired) electrons. The fraction of sp³-hybridized carbons (Fsp3) is 0.333. The molecular formula is C33H38N4O3. The SMILES string of the molecule is Cc1ccc(C)c(Cn2c(C(=O)NCCN3CCOCC3)cc3cc(NC(=O)CCc4ccccc4)ccc32)c1. The highest BCUT2D eigenvalue weighted by Crippen LogP contribution is 2.26. The highest BCUT2D eigenvalue weighted by Gasteiger charge is 2.18. The second kappa shape index (κ2) is 12.9. The second-order valence-electron chi connectivity index (χ2n) is 10.6. The van der Waals surface area contributed by atoms with Crippen LogP contribution in [-0.2, 0) is 22.5 Å². The molecule has 1 aliphatic heterocycles. The summed E-state index contributed by atoms with van der Waals surface area (Å²) in [6, 6.07) is 24.2. The number of hydrogen-bond acceptors (Lipinski definition) is 4. The highest BCUT2D eigenvalue weighted by molar-refractivity contribution is 6.00. The van der Waals surface area contributed by atoms with Gasteiger partial charge < -0.3 is 19.9 Å². The van der Waals surface area contributed by atoms with Gasteiger partial charge in [0.25, 0.3) is 5.91 Å². The number of hydrogen-bond donors (Lipinski definition) is 2. The molecule has 0 spiro atoms. The van der Waals surface area contributed by atoms with Crippen LogP contribution in [0.4, 0.5) is 5.69 Å². The molecule has 208 valence electrons. The summed E-state index contributed by atoms with van der Waals surface area (Å²) >= 11 is 0. The molecule has 4 aromatic rings. The van der Waals surface area contributed by atoms with Crippen LogP contribution in [0.25, 0.3) is 10.9 Å². The molecule has 1 fully saturated rings. The van der Waals surface area contributed by atoms with Crippen LogP contribution in [0, 0.1) is 13.8 Å². The average molecular weight is 539 g/mol. The van der Waals surface area contributed by atoms with Crippen molar-refractivity contribution in [2.75, 3.05) is 44.7 Å². The largest absolute Gasteiger partial charge is 0.379 e. The standard InChI is InChI=1S/C33H38N4O3/c1-24-8-9-25(2)28(20-24)23-37-30-12-11-29(35-32(38)13-10-26-6-4-3-5-7-26)21-27(30)22-31(37)33(39)34-14-15-36-16-18-40-19-17-36/h3-9,11-12,20-22H,10,13-19,23H2,1-2H3,(H,34,39)(H,35,38). The van der Waals surface area contributed by atoms with E-state index >= 15 is 0 Å². The van der Waals surface area contributed by atoms with E-state index in [1.165, 1.54) is 16.7 Å². The van der Waals surface area contributed by atoms with Gasteiger partial charge in [-0.1, -0.05) is 54.1 Å². The lowest BCUT2D eigenvalue weighted by Gasteiger charge is -2.26. The zero-order valence-electron chi connectivity index (χ0n) is 23.4. The Morgan fingerprint density at radius 2 is 1.73 bits per heavy atom. The predicted molar refractivity (Wildman–Crippen MR) is 160 cm³/mol. The molecule has 7 nitrogen and oxygen atoms in total. The number of nitrogens with zero attached hydrogens (tertiary/aromatic N) is 2. The maximum absolute atomic E-state index is 13.5. The minimum atomic E-state index is -0.0942. The van der Waals surface area contributed by atoms with E-state index in [1.54, 1.807) is 0 Å². The number of nitrogens with one attached hydrogen (secondary N) is 2. The van der Waals surface area contributed by atoms with Crippen LogP contribution in [-0.4, -0.2) is 60.7 Å². The van der Waals surface area contributed by atoms with E-state index in [9.17, 15) is 9.59 Å². The number of amides is 2. The Balaban J connectivity index is 1.35. The molecule has 0 atom stereocenters. The zero-order valence-corrected chi connectivity index (χ0v) is 23.4. The van der Waals surface area contributed by atoms with Crippen LogP contribution < -0.4 is 10.6 Å². The molecule has 5 rings (SSSR count). The molecule has 2 amide bonds. The van der Waals surface area contributed by atoms with Crippen molar-refractivity contribution in [3.05, 3.63) is 101 Å². The van der Waals surface area contributed by atoms with Gasteiger partial charge >= 0.3 is 0 Å². The van der Waals surface area contributed by atoms with Crippen LogP contribution in [0.1, 0.15) is 39.2 Å². The van der Waals surface area contributed by atoms with Crippen LogP contribution >= 0.6 is 0 Å². The lowest BCUT2D eigenvalue weighted by Crippen LogP contribution is -2.41. The van der Waals surface area contributed by atoms with Crippen LogP contribution in [0.2, 0.25) is 0 Å². The Morgan fingerprint density at radius 1 is 0.925 bits per heavy atom. The summed E-state index contributed by atoms with van der Waals surface area (Å²) in [7, 11) is 0. The van der Waals surface area contributed by atoms with Gasteiger partial charge in [-0.15, -0.1) is 0 Å². The van der Waals surface area contributed by atoms with Crippen LogP contribution in [0.3, 0.4) is 0 Å². The summed E-state index contributed by atoms with van der Waals surface area (Å²) in [6.45, 7) is 9.41. The third-order valence-corrected chi connectivity index (χ3v) is 7.55. The smallest absolute Gasteiger partial charge is 0.267 e. The van der Waals surface area contributed by atoms with E-state index in [2.05, 4.69) is 52.1 Å². The number of benzene rings is 3. The van der Waals surface area contributed by atoms with E-state index in [0.29, 0.717) is 31.6 Å². The maximum Gasteiger partial charge on any atom is 0.267 e. The van der Waals surface area contributed by atoms with Crippen LogP contribution in [0.5, 0.6) is 0 Å². The maximum atomic E-state index is 13.5. The van der Waals surface area contributed by atoms with E-state index in [4.69, 9.17) is 4.74 Å². The van der Waals surface area contributed by atoms with Crippen molar-refractivity contribution in [1.29, 1.82) is 0 Å². The summed E-state index contributed by atoms with van der Waals surface area (Å²) in [5.74, 6) is -0.123. The van der Waals surface area contributed by atoms with Gasteiger partial charge in [0.1, 0.15) is 5.69 Å². The molecule has 40 heavy (non-hydrogen) atoms. The molecule has 2 N–H and O–H groups in total. The molecule has 1 saturated heterocycles. The number of carbonyl (C=O) groups excluding carboxylic acids is 2. The first kappa shape index (κ1) is 27.6. The Labute approximate surface area is 236 Å². The molecule has 1 aliphatic rings. The summed E-state index contributed by atoms with van der Waals surface area (Å²) < 4.78 is 7.51. The summed E-state index contributed by atoms with van der Waals surface area (Å²) in [4.78, 5) is 28.4. The second-order valence-corrected chi connectivity index (χ2v) is 10.6. The van der Waals surface area contributed by atoms with E-state index in [0.717, 1.165) is 55.0 Å². The number of aromatic nitrogens is 1. The monoisotopic (exact) mass is 538 g/mol. The summed E-state index contributed by atoms with van der Waals surface area (Å²) in [6.07, 6.45) is 1.10. The Hall–Kier alpha value is -3.94. The number of carbonyl (C=O) groups is 2. The van der Waals surface area contributed by atoms with Crippen molar-refractivity contribution < 1.29 is 14.3 Å². The lowest BCUT2D eigenvalue weighted by molar-refractivity contribution is -0.116. The van der Waals surface area contributed by atoms with Crippen molar-refractivity contribution in [2.24, 2.45) is 0 Å². The van der Waals surface area contributed by atoms with Gasteiger partial charge in [0.2, 0.25) is 5.91 Å². The van der Waals surface area contributed by atoms with E-state index in [-0.39, 0.29) is 11.8 Å². The van der Waals surface area contributed by atoms with Crippen LogP contribution in [0.15, 0.2) is 72.8 Å².